The van der Waals surface area contributed by atoms with E-state index in [9.17, 15) is 4.39 Å². The summed E-state index contributed by atoms with van der Waals surface area (Å²) in [5.74, 6) is -0.229. The molecule has 0 saturated carbocycles. The fourth-order valence-electron chi connectivity index (χ4n) is 2.61. The molecule has 21 heavy (non-hydrogen) atoms. The molecule has 0 aliphatic heterocycles. The average molecular weight is 280 g/mol. The van der Waals surface area contributed by atoms with Crippen molar-refractivity contribution in [2.75, 3.05) is 0 Å². The summed E-state index contributed by atoms with van der Waals surface area (Å²) in [7, 11) is 0. The Hall–Kier alpha value is -2.26. The Bertz CT molecular complexity index is 783. The number of para-hydroxylation sites is 1. The summed E-state index contributed by atoms with van der Waals surface area (Å²) in [5, 5.41) is 1.12. The Balaban J connectivity index is 1.87. The third kappa shape index (κ3) is 2.93. The van der Waals surface area contributed by atoms with Gasteiger partial charge in [0.2, 0.25) is 0 Å². The lowest BCUT2D eigenvalue weighted by molar-refractivity contribution is 0.622. The van der Waals surface area contributed by atoms with Crippen molar-refractivity contribution in [1.82, 2.24) is 4.98 Å². The largest absolute Gasteiger partial charge is 0.324 e. The first-order valence-electron chi connectivity index (χ1n) is 7.00. The molecule has 0 bridgehead atoms. The van der Waals surface area contributed by atoms with Gasteiger partial charge in [-0.25, -0.2) is 4.39 Å². The van der Waals surface area contributed by atoms with Gasteiger partial charge in [-0.2, -0.15) is 0 Å². The molecule has 106 valence electrons. The van der Waals surface area contributed by atoms with E-state index in [4.69, 9.17) is 5.73 Å². The van der Waals surface area contributed by atoms with Gasteiger partial charge in [-0.05, 0) is 42.3 Å². The van der Waals surface area contributed by atoms with Gasteiger partial charge in [0.25, 0.3) is 0 Å². The highest BCUT2D eigenvalue weighted by molar-refractivity contribution is 5.78. The summed E-state index contributed by atoms with van der Waals surface area (Å²) in [6.45, 7) is 1.88. The first-order valence-corrected chi connectivity index (χ1v) is 7.00. The number of fused-ring (bicyclic) bond motifs is 1. The molecule has 0 fully saturated rings. The average Bonchev–Trinajstić information content (AvgIpc) is 2.47. The van der Waals surface area contributed by atoms with Crippen molar-refractivity contribution in [2.45, 2.75) is 19.4 Å². The van der Waals surface area contributed by atoms with Gasteiger partial charge in [0, 0.05) is 23.5 Å². The fraction of sp³-hybridized carbons (Fsp3) is 0.167. The van der Waals surface area contributed by atoms with E-state index in [-0.39, 0.29) is 11.9 Å². The molecule has 2 nitrogen and oxygen atoms in total. The number of halogens is 1. The molecule has 0 aliphatic carbocycles. The number of rotatable bonds is 3. The minimum absolute atomic E-state index is 0.181. The lowest BCUT2D eigenvalue weighted by Crippen LogP contribution is -2.15. The van der Waals surface area contributed by atoms with E-state index >= 15 is 0 Å². The molecule has 3 heteroatoms. The van der Waals surface area contributed by atoms with Crippen molar-refractivity contribution in [3.63, 3.8) is 0 Å². The number of aryl methyl sites for hydroxylation is 1. The molecular weight excluding hydrogens is 263 g/mol. The van der Waals surface area contributed by atoms with Gasteiger partial charge in [-0.1, -0.05) is 30.3 Å². The van der Waals surface area contributed by atoms with Crippen LogP contribution in [0.5, 0.6) is 0 Å². The highest BCUT2D eigenvalue weighted by atomic mass is 19.1. The van der Waals surface area contributed by atoms with Crippen LogP contribution in [0.25, 0.3) is 10.9 Å². The number of nitrogens with two attached hydrogens (primary N) is 1. The molecule has 0 radical (unpaired) electrons. The van der Waals surface area contributed by atoms with E-state index in [0.717, 1.165) is 27.7 Å². The summed E-state index contributed by atoms with van der Waals surface area (Å²) in [6.07, 6.45) is 0.636. The monoisotopic (exact) mass is 280 g/mol. The Morgan fingerprint density at radius 1 is 1.10 bits per heavy atom. The first-order chi connectivity index (χ1) is 10.1. The standard InChI is InChI=1S/C18H17FN2/c1-12-10-14(19)7-9-16(12)17(20)11-15-8-6-13-4-2-3-5-18(13)21-15/h2-10,17H,11,20H2,1H3. The maximum absolute atomic E-state index is 13.2. The van der Waals surface area contributed by atoms with Gasteiger partial charge < -0.3 is 5.73 Å². The van der Waals surface area contributed by atoms with Crippen molar-refractivity contribution < 1.29 is 4.39 Å². The lowest BCUT2D eigenvalue weighted by atomic mass is 9.98. The second-order valence-corrected chi connectivity index (χ2v) is 5.31. The number of aromatic nitrogens is 1. The van der Waals surface area contributed by atoms with Crippen LogP contribution in [0, 0.1) is 12.7 Å². The van der Waals surface area contributed by atoms with Crippen molar-refractivity contribution in [3.8, 4) is 0 Å². The number of benzene rings is 2. The zero-order valence-electron chi connectivity index (χ0n) is 11.9. The van der Waals surface area contributed by atoms with E-state index in [2.05, 4.69) is 11.1 Å². The maximum atomic E-state index is 13.2. The predicted octanol–water partition coefficient (Wildman–Crippen LogP) is 3.92. The molecular formula is C18H17FN2. The zero-order valence-corrected chi connectivity index (χ0v) is 11.9. The molecule has 0 aliphatic rings. The third-order valence-corrected chi connectivity index (χ3v) is 3.72. The van der Waals surface area contributed by atoms with Gasteiger partial charge in [-0.3, -0.25) is 4.98 Å². The van der Waals surface area contributed by atoms with E-state index in [1.165, 1.54) is 12.1 Å². The minimum atomic E-state index is -0.229. The zero-order chi connectivity index (χ0) is 14.8. The van der Waals surface area contributed by atoms with E-state index in [1.807, 2.05) is 37.3 Å². The SMILES string of the molecule is Cc1cc(F)ccc1C(N)Cc1ccc2ccccc2n1. The van der Waals surface area contributed by atoms with Gasteiger partial charge in [0.05, 0.1) is 5.52 Å². The normalized spacial score (nSPS) is 12.5. The van der Waals surface area contributed by atoms with Gasteiger partial charge in [0.15, 0.2) is 0 Å². The van der Waals surface area contributed by atoms with Crippen molar-refractivity contribution >= 4 is 10.9 Å². The van der Waals surface area contributed by atoms with E-state index < -0.39 is 0 Å². The highest BCUT2D eigenvalue weighted by Gasteiger charge is 2.11. The van der Waals surface area contributed by atoms with Crippen LogP contribution in [0.1, 0.15) is 22.9 Å². The quantitative estimate of drug-likeness (QED) is 0.789. The molecule has 1 aromatic heterocycles. The summed E-state index contributed by atoms with van der Waals surface area (Å²) in [5.41, 5.74) is 10.0. The van der Waals surface area contributed by atoms with Crippen molar-refractivity contribution in [3.05, 3.63) is 77.2 Å². The van der Waals surface area contributed by atoms with Crippen LogP contribution in [-0.4, -0.2) is 4.98 Å². The fourth-order valence-corrected chi connectivity index (χ4v) is 2.61. The molecule has 3 rings (SSSR count). The molecule has 0 amide bonds. The highest BCUT2D eigenvalue weighted by Crippen LogP contribution is 2.21. The van der Waals surface area contributed by atoms with Crippen LogP contribution in [0.15, 0.2) is 54.6 Å². The summed E-state index contributed by atoms with van der Waals surface area (Å²) in [4.78, 5) is 4.63. The molecule has 0 saturated heterocycles. The second kappa shape index (κ2) is 5.62. The van der Waals surface area contributed by atoms with Gasteiger partial charge in [0.1, 0.15) is 5.82 Å². The number of hydrogen-bond acceptors (Lipinski definition) is 2. The molecule has 1 heterocycles. The Kier molecular flexibility index (Phi) is 3.67. The maximum Gasteiger partial charge on any atom is 0.123 e. The second-order valence-electron chi connectivity index (χ2n) is 5.31. The summed E-state index contributed by atoms with van der Waals surface area (Å²) >= 11 is 0. The Labute approximate surface area is 123 Å². The van der Waals surface area contributed by atoms with Crippen LogP contribution in [-0.2, 0) is 6.42 Å². The van der Waals surface area contributed by atoms with Gasteiger partial charge >= 0.3 is 0 Å². The number of hydrogen-bond donors (Lipinski definition) is 1. The molecule has 2 aromatic carbocycles. The van der Waals surface area contributed by atoms with Crippen LogP contribution in [0.2, 0.25) is 0 Å². The smallest absolute Gasteiger partial charge is 0.123 e. The molecule has 0 spiro atoms. The van der Waals surface area contributed by atoms with Crippen LogP contribution < -0.4 is 5.73 Å². The van der Waals surface area contributed by atoms with Crippen molar-refractivity contribution in [2.24, 2.45) is 5.73 Å². The first kappa shape index (κ1) is 13.7. The Morgan fingerprint density at radius 3 is 2.71 bits per heavy atom. The van der Waals surface area contributed by atoms with Gasteiger partial charge in [-0.15, -0.1) is 0 Å². The van der Waals surface area contributed by atoms with Crippen molar-refractivity contribution in [1.29, 1.82) is 0 Å². The van der Waals surface area contributed by atoms with E-state index in [1.54, 1.807) is 6.07 Å². The minimum Gasteiger partial charge on any atom is -0.324 e. The van der Waals surface area contributed by atoms with Crippen LogP contribution >= 0.6 is 0 Å². The molecule has 1 atom stereocenters. The number of pyridine rings is 1. The summed E-state index contributed by atoms with van der Waals surface area (Å²) in [6, 6.07) is 16.6. The van der Waals surface area contributed by atoms with Crippen LogP contribution in [0.3, 0.4) is 0 Å². The predicted molar refractivity (Wildman–Crippen MR) is 83.5 cm³/mol. The summed E-state index contributed by atoms with van der Waals surface area (Å²) < 4.78 is 13.2. The number of nitrogens with zero attached hydrogens (tertiary/aromatic N) is 1. The topological polar surface area (TPSA) is 38.9 Å². The Morgan fingerprint density at radius 2 is 1.90 bits per heavy atom. The van der Waals surface area contributed by atoms with Crippen LogP contribution in [0.4, 0.5) is 4.39 Å². The van der Waals surface area contributed by atoms with E-state index in [0.29, 0.717) is 6.42 Å². The molecule has 1 unspecified atom stereocenters. The molecule has 3 aromatic rings. The third-order valence-electron chi connectivity index (χ3n) is 3.72. The lowest BCUT2D eigenvalue weighted by Gasteiger charge is -2.14. The molecule has 2 N–H and O–H groups in total.